The van der Waals surface area contributed by atoms with E-state index in [4.69, 9.17) is 58.0 Å². The molecule has 3 amide bonds. The van der Waals surface area contributed by atoms with Gasteiger partial charge in [0.1, 0.15) is 10.7 Å². The van der Waals surface area contributed by atoms with E-state index in [-0.39, 0.29) is 38.9 Å². The molecule has 35 heavy (non-hydrogen) atoms. The van der Waals surface area contributed by atoms with Crippen molar-refractivity contribution in [3.63, 3.8) is 0 Å². The number of nitrogens with zero attached hydrogens (tertiary/aromatic N) is 1. The van der Waals surface area contributed by atoms with Gasteiger partial charge in [-0.3, -0.25) is 14.4 Å². The Balaban J connectivity index is 1.51. The van der Waals surface area contributed by atoms with Gasteiger partial charge in [0, 0.05) is 27.8 Å². The van der Waals surface area contributed by atoms with Gasteiger partial charge in [0.15, 0.2) is 0 Å². The molecule has 0 atom stereocenters. The number of nitrogens with one attached hydrogen (secondary N) is 2. The molecule has 3 aromatic carbocycles. The zero-order valence-corrected chi connectivity index (χ0v) is 21.3. The van der Waals surface area contributed by atoms with Gasteiger partial charge in [0.05, 0.1) is 15.7 Å². The third-order valence-electron chi connectivity index (χ3n) is 5.05. The highest BCUT2D eigenvalue weighted by molar-refractivity contribution is 6.54. The van der Waals surface area contributed by atoms with Crippen molar-refractivity contribution in [2.24, 2.45) is 0 Å². The number of hydrogen-bond acceptors (Lipinski definition) is 4. The highest BCUT2D eigenvalue weighted by atomic mass is 35.5. The molecule has 0 bridgehead atoms. The average molecular weight is 570 g/mol. The summed E-state index contributed by atoms with van der Waals surface area (Å²) in [6.45, 7) is 0.186. The third kappa shape index (κ3) is 5.27. The summed E-state index contributed by atoms with van der Waals surface area (Å²) < 4.78 is 0. The van der Waals surface area contributed by atoms with Gasteiger partial charge >= 0.3 is 0 Å². The summed E-state index contributed by atoms with van der Waals surface area (Å²) in [6.07, 6.45) is 0. The van der Waals surface area contributed by atoms with E-state index in [2.05, 4.69) is 10.6 Å². The average Bonchev–Trinajstić information content (AvgIpc) is 3.03. The topological polar surface area (TPSA) is 78.5 Å². The van der Waals surface area contributed by atoms with Crippen LogP contribution in [0.15, 0.2) is 71.4 Å². The van der Waals surface area contributed by atoms with Gasteiger partial charge in [0.2, 0.25) is 0 Å². The van der Waals surface area contributed by atoms with Gasteiger partial charge in [0.25, 0.3) is 17.7 Å². The van der Waals surface area contributed by atoms with Crippen molar-refractivity contribution in [2.45, 2.75) is 6.54 Å². The molecule has 1 heterocycles. The summed E-state index contributed by atoms with van der Waals surface area (Å²) in [4.78, 5) is 39.2. The summed E-state index contributed by atoms with van der Waals surface area (Å²) in [5, 5.41) is 6.44. The van der Waals surface area contributed by atoms with Crippen LogP contribution in [-0.4, -0.2) is 17.7 Å². The predicted octanol–water partition coefficient (Wildman–Crippen LogP) is 6.67. The van der Waals surface area contributed by atoms with E-state index in [1.807, 2.05) is 0 Å². The van der Waals surface area contributed by atoms with Crippen LogP contribution in [-0.2, 0) is 16.1 Å². The van der Waals surface area contributed by atoms with E-state index >= 15 is 0 Å². The lowest BCUT2D eigenvalue weighted by Gasteiger charge is -2.17. The molecular weight excluding hydrogens is 556 g/mol. The number of hydrogen-bond donors (Lipinski definition) is 2. The summed E-state index contributed by atoms with van der Waals surface area (Å²) in [5.74, 6) is -1.84. The second-order valence-electron chi connectivity index (χ2n) is 7.33. The Hall–Kier alpha value is -2.74. The van der Waals surface area contributed by atoms with E-state index < -0.39 is 11.8 Å². The molecule has 11 heteroatoms. The molecule has 0 saturated carbocycles. The number of anilines is 2. The van der Waals surface area contributed by atoms with Crippen LogP contribution in [0.25, 0.3) is 0 Å². The minimum Gasteiger partial charge on any atom is -0.350 e. The smallest absolute Gasteiger partial charge is 0.283 e. The maximum Gasteiger partial charge on any atom is 0.283 e. The Bertz CT molecular complexity index is 1410. The number of rotatable bonds is 6. The molecular formula is C24H14Cl5N3O3. The number of carbonyl (C=O) groups excluding carboxylic acids is 3. The van der Waals surface area contributed by atoms with Crippen LogP contribution >= 0.6 is 58.0 Å². The van der Waals surface area contributed by atoms with Gasteiger partial charge in [-0.2, -0.15) is 0 Å². The summed E-state index contributed by atoms with van der Waals surface area (Å²) in [5.41, 5.74) is 1.33. The molecule has 0 unspecified atom stereocenters. The summed E-state index contributed by atoms with van der Waals surface area (Å²) >= 11 is 30.4. The first kappa shape index (κ1) is 25.4. The first-order valence-corrected chi connectivity index (χ1v) is 11.9. The van der Waals surface area contributed by atoms with Gasteiger partial charge < -0.3 is 10.6 Å². The van der Waals surface area contributed by atoms with Crippen LogP contribution in [0, 0.1) is 0 Å². The predicted molar refractivity (Wildman–Crippen MR) is 140 cm³/mol. The monoisotopic (exact) mass is 567 g/mol. The standard InChI is InChI=1S/C24H14Cl5N3O3/c25-14-8-7-13(17(27)10-14)11-30-22(33)12-3-1-4-15(9-12)31-21-20(29)23(34)32(24(21)35)18-6-2-5-16(26)19(18)28/h1-10,31H,11H2,(H,30,33). The van der Waals surface area contributed by atoms with E-state index in [0.717, 1.165) is 4.90 Å². The van der Waals surface area contributed by atoms with E-state index in [1.54, 1.807) is 42.5 Å². The first-order valence-electron chi connectivity index (χ1n) is 9.99. The molecule has 0 fully saturated rings. The quantitative estimate of drug-likeness (QED) is 0.325. The zero-order valence-electron chi connectivity index (χ0n) is 17.5. The maximum absolute atomic E-state index is 13.0. The summed E-state index contributed by atoms with van der Waals surface area (Å²) in [7, 11) is 0. The fourth-order valence-electron chi connectivity index (χ4n) is 3.32. The number of amides is 3. The van der Waals surface area contributed by atoms with Crippen molar-refractivity contribution in [1.82, 2.24) is 5.32 Å². The van der Waals surface area contributed by atoms with Crippen LogP contribution in [0.5, 0.6) is 0 Å². The number of halogens is 5. The molecule has 178 valence electrons. The molecule has 0 radical (unpaired) electrons. The molecule has 0 spiro atoms. The number of benzene rings is 3. The highest BCUT2D eigenvalue weighted by Crippen LogP contribution is 2.37. The van der Waals surface area contributed by atoms with Crippen LogP contribution in [0.4, 0.5) is 11.4 Å². The molecule has 2 N–H and O–H groups in total. The molecule has 4 rings (SSSR count). The van der Waals surface area contributed by atoms with Gasteiger partial charge in [-0.05, 0) is 48.0 Å². The molecule has 6 nitrogen and oxygen atoms in total. The summed E-state index contributed by atoms with van der Waals surface area (Å²) in [6, 6.07) is 15.9. The van der Waals surface area contributed by atoms with Crippen molar-refractivity contribution in [3.05, 3.63) is 103 Å². The Kier molecular flexibility index (Phi) is 7.59. The fraction of sp³-hybridized carbons (Fsp3) is 0.0417. The minimum atomic E-state index is -0.753. The Morgan fingerprint density at radius 1 is 0.829 bits per heavy atom. The molecule has 3 aromatic rings. The number of carbonyl (C=O) groups is 3. The van der Waals surface area contributed by atoms with Crippen LogP contribution in [0.3, 0.4) is 0 Å². The Morgan fingerprint density at radius 3 is 2.31 bits per heavy atom. The Labute approximate surface area is 225 Å². The van der Waals surface area contributed by atoms with E-state index in [9.17, 15) is 14.4 Å². The minimum absolute atomic E-state index is 0.0426. The zero-order chi connectivity index (χ0) is 25.3. The van der Waals surface area contributed by atoms with Crippen molar-refractivity contribution in [2.75, 3.05) is 10.2 Å². The van der Waals surface area contributed by atoms with Crippen molar-refractivity contribution < 1.29 is 14.4 Å². The second kappa shape index (κ2) is 10.5. The molecule has 0 aromatic heterocycles. The van der Waals surface area contributed by atoms with Crippen LogP contribution in [0.2, 0.25) is 20.1 Å². The normalized spacial score (nSPS) is 13.5. The second-order valence-corrected chi connectivity index (χ2v) is 9.34. The first-order chi connectivity index (χ1) is 16.7. The van der Waals surface area contributed by atoms with Gasteiger partial charge in [-0.1, -0.05) is 76.2 Å². The molecule has 1 aliphatic heterocycles. The lowest BCUT2D eigenvalue weighted by molar-refractivity contribution is -0.120. The van der Waals surface area contributed by atoms with Crippen molar-refractivity contribution in [1.29, 1.82) is 0 Å². The highest BCUT2D eigenvalue weighted by Gasteiger charge is 2.40. The van der Waals surface area contributed by atoms with E-state index in [0.29, 0.717) is 26.9 Å². The Morgan fingerprint density at radius 2 is 1.57 bits per heavy atom. The molecule has 0 aliphatic carbocycles. The largest absolute Gasteiger partial charge is 0.350 e. The maximum atomic E-state index is 13.0. The molecule has 1 aliphatic rings. The van der Waals surface area contributed by atoms with Crippen molar-refractivity contribution in [3.8, 4) is 0 Å². The fourth-order valence-corrected chi connectivity index (χ4v) is 4.39. The van der Waals surface area contributed by atoms with Crippen molar-refractivity contribution >= 4 is 87.1 Å². The third-order valence-corrected chi connectivity index (χ3v) is 6.79. The number of imide groups is 1. The molecule has 0 saturated heterocycles. The van der Waals surface area contributed by atoms with Gasteiger partial charge in [-0.25, -0.2) is 4.90 Å². The van der Waals surface area contributed by atoms with Crippen LogP contribution in [0.1, 0.15) is 15.9 Å². The van der Waals surface area contributed by atoms with Crippen LogP contribution < -0.4 is 15.5 Å². The lowest BCUT2D eigenvalue weighted by Crippen LogP contribution is -2.32. The SMILES string of the molecule is O=C(NCc1ccc(Cl)cc1Cl)c1cccc(NC2=C(Cl)C(=O)N(c3cccc(Cl)c3Cl)C2=O)c1. The van der Waals surface area contributed by atoms with Gasteiger partial charge in [-0.15, -0.1) is 0 Å². The van der Waals surface area contributed by atoms with E-state index in [1.165, 1.54) is 18.2 Å². The lowest BCUT2D eigenvalue weighted by atomic mass is 10.1.